The lowest BCUT2D eigenvalue weighted by Gasteiger charge is -2.20. The topological polar surface area (TPSA) is 95.9 Å². The third-order valence-electron chi connectivity index (χ3n) is 13.2. The molecule has 2 atom stereocenters. The normalized spacial score (nSPS) is 12.8. The van der Waals surface area contributed by atoms with Crippen LogP contribution in [0.3, 0.4) is 0 Å². The third-order valence-corrected chi connectivity index (χ3v) is 13.2. The first-order valence-electron chi connectivity index (χ1n) is 28.6. The monoisotopic (exact) mass is 902 g/mol. The first kappa shape index (κ1) is 62.3. The highest BCUT2D eigenvalue weighted by atomic mass is 16.5. The summed E-state index contributed by atoms with van der Waals surface area (Å²) in [5, 5.41) is 23.1. The lowest BCUT2D eigenvalue weighted by Crippen LogP contribution is -2.45. The number of aliphatic hydroxyl groups is 2. The van der Waals surface area contributed by atoms with Crippen molar-refractivity contribution in [2.24, 2.45) is 0 Å². The summed E-state index contributed by atoms with van der Waals surface area (Å²) in [5.74, 6) is -0.0832. The Morgan fingerprint density at radius 2 is 0.734 bits per heavy atom. The number of hydrogen-bond acceptors (Lipinski definition) is 5. The maximum Gasteiger partial charge on any atom is 0.305 e. The molecular formula is C58H111NO5. The van der Waals surface area contributed by atoms with Crippen LogP contribution in [0.4, 0.5) is 0 Å². The molecule has 0 saturated heterocycles. The number of rotatable bonds is 53. The SMILES string of the molecule is CCCCCCCC/C=C\CCCCCCCC(=O)OCCCCCCCCCCCCCCCCCC(=O)NC(CO)C(O)/C=C/CCCCCCCCCCCCCCCCC. The van der Waals surface area contributed by atoms with Crippen LogP contribution in [0.25, 0.3) is 0 Å². The lowest BCUT2D eigenvalue weighted by atomic mass is 10.0. The van der Waals surface area contributed by atoms with Gasteiger partial charge in [-0.05, 0) is 57.8 Å². The molecule has 0 aliphatic heterocycles. The fraction of sp³-hybridized carbons (Fsp3) is 0.897. The van der Waals surface area contributed by atoms with Gasteiger partial charge in [0, 0.05) is 12.8 Å². The Hall–Kier alpha value is -1.66. The molecule has 0 aromatic carbocycles. The van der Waals surface area contributed by atoms with Crippen LogP contribution in [-0.2, 0) is 14.3 Å². The van der Waals surface area contributed by atoms with Gasteiger partial charge in [0.05, 0.1) is 25.4 Å². The minimum atomic E-state index is -0.850. The van der Waals surface area contributed by atoms with E-state index < -0.39 is 12.1 Å². The number of esters is 1. The molecule has 0 heterocycles. The van der Waals surface area contributed by atoms with Gasteiger partial charge in [0.15, 0.2) is 0 Å². The van der Waals surface area contributed by atoms with Gasteiger partial charge in [-0.1, -0.05) is 263 Å². The molecule has 0 bridgehead atoms. The van der Waals surface area contributed by atoms with E-state index in [1.54, 1.807) is 6.08 Å². The molecule has 6 nitrogen and oxygen atoms in total. The highest BCUT2D eigenvalue weighted by Crippen LogP contribution is 2.17. The quantitative estimate of drug-likeness (QED) is 0.0321. The first-order valence-corrected chi connectivity index (χ1v) is 28.6. The molecule has 0 saturated carbocycles. The minimum absolute atomic E-state index is 0.00813. The van der Waals surface area contributed by atoms with Crippen LogP contribution in [0.15, 0.2) is 24.3 Å². The van der Waals surface area contributed by atoms with Gasteiger partial charge in [0.2, 0.25) is 5.91 Å². The van der Waals surface area contributed by atoms with E-state index in [4.69, 9.17) is 4.74 Å². The van der Waals surface area contributed by atoms with Crippen molar-refractivity contribution in [3.8, 4) is 0 Å². The molecule has 0 fully saturated rings. The number of ether oxygens (including phenoxy) is 1. The predicted octanol–water partition coefficient (Wildman–Crippen LogP) is 17.5. The van der Waals surface area contributed by atoms with E-state index in [-0.39, 0.29) is 18.5 Å². The second-order valence-electron chi connectivity index (χ2n) is 19.6. The molecule has 378 valence electrons. The summed E-state index contributed by atoms with van der Waals surface area (Å²) in [6.45, 7) is 4.89. The van der Waals surface area contributed by atoms with Crippen LogP contribution in [0, 0.1) is 0 Å². The van der Waals surface area contributed by atoms with Gasteiger partial charge in [-0.25, -0.2) is 0 Å². The standard InChI is InChI=1S/C58H111NO5/c1-3-5-7-9-11-13-15-17-19-20-23-26-30-34-38-42-46-50-56(61)55(54-60)59-57(62)51-47-43-39-35-31-27-24-21-25-29-33-37-41-45-49-53-64-58(63)52-48-44-40-36-32-28-22-18-16-14-12-10-8-6-4-2/h18,22,46,50,55-56,60-61H,3-17,19-21,23-45,47-49,51-54H2,1-2H3,(H,59,62)/b22-18-,50-46+. The number of hydrogen-bond donors (Lipinski definition) is 3. The Bertz CT molecular complexity index is 997. The molecular weight excluding hydrogens is 791 g/mol. The summed E-state index contributed by atoms with van der Waals surface area (Å²) in [6.07, 6.45) is 64.7. The molecule has 0 aromatic heterocycles. The molecule has 0 aliphatic rings. The Morgan fingerprint density at radius 1 is 0.422 bits per heavy atom. The largest absolute Gasteiger partial charge is 0.466 e. The first-order chi connectivity index (χ1) is 31.5. The number of aliphatic hydroxyl groups excluding tert-OH is 2. The Balaban J connectivity index is 3.46. The summed E-state index contributed by atoms with van der Waals surface area (Å²) < 4.78 is 5.47. The number of carbonyl (C=O) groups excluding carboxylic acids is 2. The molecule has 64 heavy (non-hydrogen) atoms. The van der Waals surface area contributed by atoms with Gasteiger partial charge < -0.3 is 20.3 Å². The van der Waals surface area contributed by atoms with Crippen molar-refractivity contribution in [1.29, 1.82) is 0 Å². The summed E-state index contributed by atoms with van der Waals surface area (Å²) in [5.41, 5.74) is 0. The van der Waals surface area contributed by atoms with Crippen molar-refractivity contribution in [2.45, 2.75) is 321 Å². The average molecular weight is 903 g/mol. The van der Waals surface area contributed by atoms with Crippen LogP contribution >= 0.6 is 0 Å². The zero-order chi connectivity index (χ0) is 46.5. The molecule has 0 radical (unpaired) electrons. The van der Waals surface area contributed by atoms with Crippen LogP contribution in [0.5, 0.6) is 0 Å². The fourth-order valence-electron chi connectivity index (χ4n) is 8.81. The van der Waals surface area contributed by atoms with Crippen molar-refractivity contribution in [3.05, 3.63) is 24.3 Å². The highest BCUT2D eigenvalue weighted by molar-refractivity contribution is 5.76. The summed E-state index contributed by atoms with van der Waals surface area (Å²) in [6, 6.07) is -0.634. The summed E-state index contributed by atoms with van der Waals surface area (Å²) in [7, 11) is 0. The molecule has 0 aliphatic carbocycles. The second-order valence-corrected chi connectivity index (χ2v) is 19.6. The third kappa shape index (κ3) is 49.8. The molecule has 0 aromatic rings. The predicted molar refractivity (Wildman–Crippen MR) is 278 cm³/mol. The van der Waals surface area contributed by atoms with E-state index in [0.717, 1.165) is 51.4 Å². The maximum absolute atomic E-state index is 12.5. The van der Waals surface area contributed by atoms with E-state index in [1.165, 1.54) is 231 Å². The molecule has 3 N–H and O–H groups in total. The van der Waals surface area contributed by atoms with E-state index in [0.29, 0.717) is 19.4 Å². The van der Waals surface area contributed by atoms with Crippen molar-refractivity contribution in [2.75, 3.05) is 13.2 Å². The van der Waals surface area contributed by atoms with Crippen LogP contribution in [0.1, 0.15) is 309 Å². The average Bonchev–Trinajstić information content (AvgIpc) is 3.29. The van der Waals surface area contributed by atoms with Crippen LogP contribution in [-0.4, -0.2) is 47.4 Å². The maximum atomic E-state index is 12.5. The van der Waals surface area contributed by atoms with Gasteiger partial charge in [-0.2, -0.15) is 0 Å². The summed E-state index contributed by atoms with van der Waals surface area (Å²) in [4.78, 5) is 24.5. The zero-order valence-corrected chi connectivity index (χ0v) is 43.0. The van der Waals surface area contributed by atoms with Crippen molar-refractivity contribution >= 4 is 11.9 Å². The molecule has 0 rings (SSSR count). The molecule has 6 heteroatoms. The van der Waals surface area contributed by atoms with E-state index >= 15 is 0 Å². The van der Waals surface area contributed by atoms with Crippen LogP contribution < -0.4 is 5.32 Å². The van der Waals surface area contributed by atoms with Crippen LogP contribution in [0.2, 0.25) is 0 Å². The van der Waals surface area contributed by atoms with Gasteiger partial charge in [-0.15, -0.1) is 0 Å². The van der Waals surface area contributed by atoms with E-state index in [9.17, 15) is 19.8 Å². The van der Waals surface area contributed by atoms with Gasteiger partial charge in [0.25, 0.3) is 0 Å². The summed E-state index contributed by atoms with van der Waals surface area (Å²) >= 11 is 0. The Morgan fingerprint density at radius 3 is 1.11 bits per heavy atom. The lowest BCUT2D eigenvalue weighted by molar-refractivity contribution is -0.143. The number of allylic oxidation sites excluding steroid dienone is 3. The zero-order valence-electron chi connectivity index (χ0n) is 43.0. The fourth-order valence-corrected chi connectivity index (χ4v) is 8.81. The minimum Gasteiger partial charge on any atom is -0.466 e. The molecule has 2 unspecified atom stereocenters. The second kappa shape index (κ2) is 54.0. The number of nitrogens with one attached hydrogen (secondary N) is 1. The van der Waals surface area contributed by atoms with E-state index in [2.05, 4.69) is 31.3 Å². The van der Waals surface area contributed by atoms with Gasteiger partial charge >= 0.3 is 5.97 Å². The Labute approximate surface area is 399 Å². The number of amides is 1. The number of carbonyl (C=O) groups is 2. The van der Waals surface area contributed by atoms with Crippen molar-refractivity contribution < 1.29 is 24.5 Å². The smallest absolute Gasteiger partial charge is 0.305 e. The van der Waals surface area contributed by atoms with Gasteiger partial charge in [-0.3, -0.25) is 9.59 Å². The van der Waals surface area contributed by atoms with Crippen molar-refractivity contribution in [1.82, 2.24) is 5.32 Å². The Kier molecular flexibility index (Phi) is 52.6. The number of unbranched alkanes of at least 4 members (excludes halogenated alkanes) is 40. The molecule has 0 spiro atoms. The van der Waals surface area contributed by atoms with Gasteiger partial charge in [0.1, 0.15) is 0 Å². The highest BCUT2D eigenvalue weighted by Gasteiger charge is 2.18. The van der Waals surface area contributed by atoms with E-state index in [1.807, 2.05) is 6.08 Å². The van der Waals surface area contributed by atoms with Crippen molar-refractivity contribution in [3.63, 3.8) is 0 Å². The molecule has 1 amide bonds.